The zero-order valence-electron chi connectivity index (χ0n) is 20.1. The van der Waals surface area contributed by atoms with Gasteiger partial charge in [0.25, 0.3) is 11.7 Å². The van der Waals surface area contributed by atoms with Crippen molar-refractivity contribution in [3.05, 3.63) is 86.6 Å². The van der Waals surface area contributed by atoms with Gasteiger partial charge in [-0.05, 0) is 79.1 Å². The Morgan fingerprint density at radius 1 is 1.03 bits per heavy atom. The van der Waals surface area contributed by atoms with E-state index in [1.807, 2.05) is 56.5 Å². The highest BCUT2D eigenvalue weighted by Crippen LogP contribution is 2.45. The minimum atomic E-state index is -0.696. The number of thiophene rings is 1. The number of aryl methyl sites for hydroxylation is 3. The van der Waals surface area contributed by atoms with Gasteiger partial charge in [0.2, 0.25) is 0 Å². The van der Waals surface area contributed by atoms with E-state index in [2.05, 4.69) is 13.8 Å². The second-order valence-electron chi connectivity index (χ2n) is 9.11. The second-order valence-corrected chi connectivity index (χ2v) is 10.1. The van der Waals surface area contributed by atoms with Gasteiger partial charge in [-0.15, -0.1) is 11.3 Å². The van der Waals surface area contributed by atoms with Crippen LogP contribution in [0.5, 0.6) is 5.75 Å². The molecule has 2 aromatic carbocycles. The molecule has 4 rings (SSSR count). The lowest BCUT2D eigenvalue weighted by Crippen LogP contribution is -2.30. The van der Waals surface area contributed by atoms with Crippen LogP contribution in [-0.2, 0) is 9.59 Å². The fourth-order valence-electron chi connectivity index (χ4n) is 4.20. The first-order valence-corrected chi connectivity index (χ1v) is 12.2. The second kappa shape index (κ2) is 9.47. The van der Waals surface area contributed by atoms with Crippen molar-refractivity contribution in [1.29, 1.82) is 0 Å². The third kappa shape index (κ3) is 4.26. The van der Waals surface area contributed by atoms with E-state index in [-0.39, 0.29) is 11.3 Å². The van der Waals surface area contributed by atoms with E-state index in [4.69, 9.17) is 4.74 Å². The molecule has 0 saturated carbocycles. The summed E-state index contributed by atoms with van der Waals surface area (Å²) in [6.45, 7) is 10.5. The van der Waals surface area contributed by atoms with Gasteiger partial charge in [-0.2, -0.15) is 0 Å². The SMILES string of the molecule is Cc1cc(/C(O)=C2/C(=O)C(=O)N(c3ccccc3C)C2c2sccc2C)ccc1OCC(C)C. The van der Waals surface area contributed by atoms with Crippen molar-refractivity contribution in [1.82, 2.24) is 0 Å². The average molecular weight is 476 g/mol. The number of anilines is 1. The van der Waals surface area contributed by atoms with Gasteiger partial charge in [-0.3, -0.25) is 14.5 Å². The van der Waals surface area contributed by atoms with Crippen LogP contribution in [0.4, 0.5) is 5.69 Å². The van der Waals surface area contributed by atoms with E-state index in [1.165, 1.54) is 16.2 Å². The standard InChI is InChI=1S/C28H29NO4S/c1-16(2)15-33-22-11-10-20(14-19(22)5)25(30)23-24(27-18(4)12-13-34-27)29(28(32)26(23)31)21-9-7-6-8-17(21)3/h6-14,16,24,30H,15H2,1-5H3/b25-23-. The minimum Gasteiger partial charge on any atom is -0.507 e. The fourth-order valence-corrected chi connectivity index (χ4v) is 5.22. The number of carbonyl (C=O) groups is 2. The lowest BCUT2D eigenvalue weighted by atomic mass is 9.97. The van der Waals surface area contributed by atoms with Gasteiger partial charge in [0.1, 0.15) is 17.6 Å². The van der Waals surface area contributed by atoms with E-state index < -0.39 is 17.7 Å². The van der Waals surface area contributed by atoms with Gasteiger partial charge in [0, 0.05) is 16.1 Å². The molecule has 1 fully saturated rings. The molecule has 176 valence electrons. The van der Waals surface area contributed by atoms with Crippen LogP contribution in [0.25, 0.3) is 5.76 Å². The Morgan fingerprint density at radius 2 is 1.76 bits per heavy atom. The summed E-state index contributed by atoms with van der Waals surface area (Å²) in [7, 11) is 0. The Labute approximate surface area is 204 Å². The molecule has 1 aromatic heterocycles. The summed E-state index contributed by atoms with van der Waals surface area (Å²) in [6.07, 6.45) is 0. The maximum Gasteiger partial charge on any atom is 0.300 e. The predicted molar refractivity (Wildman–Crippen MR) is 137 cm³/mol. The average Bonchev–Trinajstić information content (AvgIpc) is 3.33. The Bertz CT molecular complexity index is 1290. The number of amides is 1. The van der Waals surface area contributed by atoms with E-state index >= 15 is 0 Å². The molecule has 5 nitrogen and oxygen atoms in total. The maximum absolute atomic E-state index is 13.3. The van der Waals surface area contributed by atoms with Crippen LogP contribution in [-0.4, -0.2) is 23.4 Å². The molecule has 0 bridgehead atoms. The lowest BCUT2D eigenvalue weighted by molar-refractivity contribution is -0.132. The van der Waals surface area contributed by atoms with Crippen LogP contribution >= 0.6 is 11.3 Å². The number of aliphatic hydroxyl groups is 1. The number of hydrogen-bond donors (Lipinski definition) is 1. The fraction of sp³-hybridized carbons (Fsp3) is 0.286. The molecule has 0 aliphatic carbocycles. The number of aliphatic hydroxyl groups excluding tert-OH is 1. The third-order valence-electron chi connectivity index (χ3n) is 5.99. The van der Waals surface area contributed by atoms with E-state index in [1.54, 1.807) is 18.2 Å². The molecule has 1 unspecified atom stereocenters. The van der Waals surface area contributed by atoms with Gasteiger partial charge in [-0.1, -0.05) is 32.0 Å². The van der Waals surface area contributed by atoms with Crippen molar-refractivity contribution in [2.75, 3.05) is 11.5 Å². The van der Waals surface area contributed by atoms with Crippen LogP contribution < -0.4 is 9.64 Å². The first-order chi connectivity index (χ1) is 16.2. The molecule has 2 heterocycles. The van der Waals surface area contributed by atoms with Gasteiger partial charge >= 0.3 is 0 Å². The first-order valence-electron chi connectivity index (χ1n) is 11.3. The van der Waals surface area contributed by atoms with Gasteiger partial charge in [0.05, 0.1) is 12.2 Å². The largest absolute Gasteiger partial charge is 0.507 e. The molecule has 6 heteroatoms. The van der Waals surface area contributed by atoms with Crippen LogP contribution in [0.15, 0.2) is 59.5 Å². The highest BCUT2D eigenvalue weighted by Gasteiger charge is 2.48. The Hall–Kier alpha value is -3.38. The number of hydrogen-bond acceptors (Lipinski definition) is 5. The van der Waals surface area contributed by atoms with Crippen molar-refractivity contribution in [2.45, 2.75) is 40.7 Å². The molecule has 1 atom stereocenters. The first kappa shape index (κ1) is 23.8. The quantitative estimate of drug-likeness (QED) is 0.257. The molecule has 0 radical (unpaired) electrons. The Kier molecular flexibility index (Phi) is 6.62. The molecular formula is C28H29NO4S. The number of carbonyl (C=O) groups excluding carboxylic acids is 2. The van der Waals surface area contributed by atoms with E-state index in [0.29, 0.717) is 23.8 Å². The minimum absolute atomic E-state index is 0.106. The number of Topliss-reactive ketones (excluding diaryl/α,β-unsaturated/α-hetero) is 1. The lowest BCUT2D eigenvalue weighted by Gasteiger charge is -2.26. The Balaban J connectivity index is 1.86. The maximum atomic E-state index is 13.3. The highest BCUT2D eigenvalue weighted by atomic mass is 32.1. The number of ketones is 1. The smallest absolute Gasteiger partial charge is 0.300 e. The third-order valence-corrected chi connectivity index (χ3v) is 7.06. The number of benzene rings is 2. The van der Waals surface area contributed by atoms with Crippen molar-refractivity contribution in [3.8, 4) is 5.75 Å². The number of para-hydroxylation sites is 1. The molecule has 0 spiro atoms. The van der Waals surface area contributed by atoms with E-state index in [9.17, 15) is 14.7 Å². The monoisotopic (exact) mass is 475 g/mol. The summed E-state index contributed by atoms with van der Waals surface area (Å²) in [5.41, 5.74) is 3.95. The number of rotatable bonds is 6. The van der Waals surface area contributed by atoms with Crippen LogP contribution in [0.3, 0.4) is 0 Å². The molecule has 1 amide bonds. The topological polar surface area (TPSA) is 66.8 Å². The summed E-state index contributed by atoms with van der Waals surface area (Å²) >= 11 is 1.47. The van der Waals surface area contributed by atoms with Gasteiger partial charge < -0.3 is 9.84 Å². The molecule has 1 N–H and O–H groups in total. The number of ether oxygens (including phenoxy) is 1. The summed E-state index contributed by atoms with van der Waals surface area (Å²) < 4.78 is 5.86. The van der Waals surface area contributed by atoms with Crippen molar-refractivity contribution < 1.29 is 19.4 Å². The summed E-state index contributed by atoms with van der Waals surface area (Å²) in [5, 5.41) is 13.3. The molecule has 1 aliphatic heterocycles. The van der Waals surface area contributed by atoms with Crippen LogP contribution in [0.2, 0.25) is 0 Å². The Morgan fingerprint density at radius 3 is 2.38 bits per heavy atom. The summed E-state index contributed by atoms with van der Waals surface area (Å²) in [6, 6.07) is 14.1. The summed E-state index contributed by atoms with van der Waals surface area (Å²) in [4.78, 5) is 29.0. The van der Waals surface area contributed by atoms with Gasteiger partial charge in [-0.25, -0.2) is 0 Å². The molecule has 3 aromatic rings. The van der Waals surface area contributed by atoms with E-state index in [0.717, 1.165) is 27.3 Å². The number of nitrogens with zero attached hydrogens (tertiary/aromatic N) is 1. The van der Waals surface area contributed by atoms with Crippen LogP contribution in [0.1, 0.15) is 47.0 Å². The zero-order chi connectivity index (χ0) is 24.6. The predicted octanol–water partition coefficient (Wildman–Crippen LogP) is 6.33. The molecule has 34 heavy (non-hydrogen) atoms. The van der Waals surface area contributed by atoms with Crippen LogP contribution in [0, 0.1) is 26.7 Å². The van der Waals surface area contributed by atoms with Crippen molar-refractivity contribution in [2.24, 2.45) is 5.92 Å². The highest BCUT2D eigenvalue weighted by molar-refractivity contribution is 7.10. The zero-order valence-corrected chi connectivity index (χ0v) is 20.9. The normalized spacial score (nSPS) is 17.6. The van der Waals surface area contributed by atoms with Gasteiger partial charge in [0.15, 0.2) is 0 Å². The van der Waals surface area contributed by atoms with Crippen molar-refractivity contribution in [3.63, 3.8) is 0 Å². The van der Waals surface area contributed by atoms with Crippen molar-refractivity contribution >= 4 is 34.5 Å². The summed E-state index contributed by atoms with van der Waals surface area (Å²) in [5.74, 6) is -0.375. The molecule has 1 aliphatic rings. The molecular weight excluding hydrogens is 446 g/mol. The molecule has 1 saturated heterocycles.